The van der Waals surface area contributed by atoms with Gasteiger partial charge in [0.15, 0.2) is 0 Å². The van der Waals surface area contributed by atoms with Gasteiger partial charge in [0.25, 0.3) is 0 Å². The van der Waals surface area contributed by atoms with Crippen molar-refractivity contribution in [3.05, 3.63) is 143 Å². The largest absolute Gasteiger partial charge is 0.394 e. The molecule has 0 saturated heterocycles. The minimum absolute atomic E-state index is 0.327. The van der Waals surface area contributed by atoms with Gasteiger partial charge in [-0.1, -0.05) is 15.5 Å². The molecule has 0 spiro atoms. The maximum atomic E-state index is 5.92. The normalized spacial score (nSPS) is 12.8. The molecule has 0 unspecified atom stereocenters. The first-order valence-corrected chi connectivity index (χ1v) is 16.9. The quantitative estimate of drug-likeness (QED) is 0.127. The number of nitrogens with zero attached hydrogens (tertiary/aromatic N) is 10. The van der Waals surface area contributed by atoms with Crippen molar-refractivity contribution in [1.82, 2.24) is 34.8 Å². The zero-order valence-electron chi connectivity index (χ0n) is 27.8. The summed E-state index contributed by atoms with van der Waals surface area (Å²) in [5.41, 5.74) is 12.4. The molecule has 6 aromatic rings. The number of fused-ring (bicyclic) bond motifs is 9. The van der Waals surface area contributed by atoms with Crippen LogP contribution in [-0.4, -0.2) is 91.4 Å². The molecule has 0 aromatic carbocycles. The predicted octanol–water partition coefficient (Wildman–Crippen LogP) is 5.01. The predicted molar refractivity (Wildman–Crippen MR) is 194 cm³/mol. The smallest absolute Gasteiger partial charge is 0.129 e. The molecule has 13 nitrogen and oxygen atoms in total. The summed E-state index contributed by atoms with van der Waals surface area (Å²) in [6.45, 7) is 2.63. The van der Waals surface area contributed by atoms with Crippen molar-refractivity contribution < 1.29 is 14.5 Å². The van der Waals surface area contributed by atoms with E-state index >= 15 is 0 Å². The number of rotatable bonds is 12. The van der Waals surface area contributed by atoms with E-state index < -0.39 is 0 Å². The summed E-state index contributed by atoms with van der Waals surface area (Å²) in [6.07, 6.45) is 10.6. The van der Waals surface area contributed by atoms with Crippen LogP contribution in [-0.2, 0) is 14.5 Å². The van der Waals surface area contributed by atoms with Gasteiger partial charge in [-0.05, 0) is 72.8 Å². The minimum Gasteiger partial charge on any atom is -0.394 e. The van der Waals surface area contributed by atoms with Gasteiger partial charge in [0.1, 0.15) is 37.0 Å². The Morgan fingerprint density at radius 2 is 0.596 bits per heavy atom. The summed E-state index contributed by atoms with van der Waals surface area (Å²) >= 11 is 0. The maximum absolute atomic E-state index is 5.92. The molecule has 0 atom stereocenters. The van der Waals surface area contributed by atoms with Gasteiger partial charge in [0.05, 0.1) is 34.2 Å². The van der Waals surface area contributed by atoms with Crippen LogP contribution in [0.4, 0.5) is 0 Å². The van der Waals surface area contributed by atoms with E-state index in [-0.39, 0.29) is 0 Å². The Hall–Kier alpha value is -6.73. The van der Waals surface area contributed by atoms with Crippen LogP contribution in [0.15, 0.2) is 125 Å². The fraction of sp³-hybridized carbons (Fsp3) is 0.154. The van der Waals surface area contributed by atoms with E-state index in [1.165, 1.54) is 0 Å². The van der Waals surface area contributed by atoms with Crippen molar-refractivity contribution in [3.63, 3.8) is 0 Å². The van der Waals surface area contributed by atoms with Crippen LogP contribution in [0.25, 0.3) is 34.2 Å². The Morgan fingerprint density at radius 1 is 0.365 bits per heavy atom. The number of oxime groups is 3. The van der Waals surface area contributed by atoms with Crippen molar-refractivity contribution in [2.45, 2.75) is 0 Å². The summed E-state index contributed by atoms with van der Waals surface area (Å²) in [5.74, 6) is 0. The third-order valence-corrected chi connectivity index (χ3v) is 9.01. The Labute approximate surface area is 298 Å². The fourth-order valence-corrected chi connectivity index (χ4v) is 6.62. The van der Waals surface area contributed by atoms with Gasteiger partial charge in [0, 0.05) is 90.2 Å². The Morgan fingerprint density at radius 3 is 0.827 bits per heavy atom. The maximum Gasteiger partial charge on any atom is 0.129 e. The molecule has 0 saturated carbocycles. The molecule has 0 radical (unpaired) electrons. The number of aromatic nitrogens is 6. The molecule has 13 heteroatoms. The van der Waals surface area contributed by atoms with Crippen molar-refractivity contribution in [2.75, 3.05) is 39.5 Å². The lowest BCUT2D eigenvalue weighted by molar-refractivity contribution is 0.0575. The monoisotopic (exact) mass is 686 g/mol. The lowest BCUT2D eigenvalue weighted by atomic mass is 10.1. The van der Waals surface area contributed by atoms with Crippen LogP contribution in [0.1, 0.15) is 33.4 Å². The summed E-state index contributed by atoms with van der Waals surface area (Å²) < 4.78 is 0. The first-order chi connectivity index (χ1) is 25.8. The van der Waals surface area contributed by atoms with E-state index in [2.05, 4.69) is 50.3 Å². The topological polar surface area (TPSA) is 145 Å². The Kier molecular flexibility index (Phi) is 8.35. The molecule has 3 aliphatic rings. The molecule has 254 valence electrons. The van der Waals surface area contributed by atoms with Crippen LogP contribution >= 0.6 is 0 Å². The van der Waals surface area contributed by atoms with Crippen LogP contribution in [0.2, 0.25) is 0 Å². The van der Waals surface area contributed by atoms with E-state index in [1.807, 2.05) is 72.8 Å². The van der Waals surface area contributed by atoms with E-state index in [1.54, 1.807) is 37.2 Å². The van der Waals surface area contributed by atoms with Crippen molar-refractivity contribution in [1.29, 1.82) is 0 Å². The fourth-order valence-electron chi connectivity index (χ4n) is 6.62. The molecule has 9 rings (SSSR count). The van der Waals surface area contributed by atoms with Gasteiger partial charge in [-0.2, -0.15) is 0 Å². The van der Waals surface area contributed by atoms with Crippen molar-refractivity contribution in [3.8, 4) is 34.2 Å². The van der Waals surface area contributed by atoms with Gasteiger partial charge < -0.3 is 14.5 Å². The van der Waals surface area contributed by atoms with Gasteiger partial charge in [-0.3, -0.25) is 34.8 Å². The number of pyridine rings is 6. The lowest BCUT2D eigenvalue weighted by Crippen LogP contribution is -2.33. The van der Waals surface area contributed by atoms with Crippen molar-refractivity contribution >= 4 is 17.1 Å². The van der Waals surface area contributed by atoms with E-state index in [0.29, 0.717) is 39.5 Å². The molecular formula is C39H30N10O3. The average Bonchev–Trinajstić information content (AvgIpc) is 3.82. The Bertz CT molecular complexity index is 1990. The second kappa shape index (κ2) is 13.9. The number of hydrogen-bond acceptors (Lipinski definition) is 13. The lowest BCUT2D eigenvalue weighted by Gasteiger charge is -2.20. The molecule has 0 amide bonds. The summed E-state index contributed by atoms with van der Waals surface area (Å²) in [6, 6.07) is 23.2. The van der Waals surface area contributed by atoms with Gasteiger partial charge >= 0.3 is 0 Å². The summed E-state index contributed by atoms with van der Waals surface area (Å²) in [7, 11) is 0. The minimum atomic E-state index is 0.327. The van der Waals surface area contributed by atoms with E-state index in [9.17, 15) is 0 Å². The third kappa shape index (κ3) is 5.72. The highest BCUT2D eigenvalue weighted by atomic mass is 16.6. The third-order valence-electron chi connectivity index (χ3n) is 9.01. The highest BCUT2D eigenvalue weighted by Crippen LogP contribution is 2.35. The van der Waals surface area contributed by atoms with Gasteiger partial charge in [-0.15, -0.1) is 0 Å². The highest BCUT2D eigenvalue weighted by molar-refractivity contribution is 6.24. The van der Waals surface area contributed by atoms with Crippen LogP contribution in [0.3, 0.4) is 0 Å². The van der Waals surface area contributed by atoms with E-state index in [0.717, 1.165) is 84.7 Å². The standard InChI is InChI=1S/C39H30N10O3/c1-7-25-31(26-8-2-14-41-35(26)34(25)40-13-1)46-50-22-19-49(20-23-51-47-32-27-9-3-15-42-36(27)37-28(32)10-4-16-43-37)21-24-52-48-33-29-11-5-17-44-38(29)39-30(33)12-6-18-45-39/h1-18H,19-24H2. The van der Waals surface area contributed by atoms with Crippen molar-refractivity contribution in [2.24, 2.45) is 15.5 Å². The Balaban J connectivity index is 0.888. The first kappa shape index (κ1) is 31.3. The molecule has 0 aliphatic heterocycles. The second-order valence-electron chi connectivity index (χ2n) is 12.1. The molecule has 6 heterocycles. The van der Waals surface area contributed by atoms with Crippen LogP contribution < -0.4 is 0 Å². The first-order valence-electron chi connectivity index (χ1n) is 16.9. The van der Waals surface area contributed by atoms with E-state index in [4.69, 9.17) is 14.5 Å². The highest BCUT2D eigenvalue weighted by Gasteiger charge is 2.30. The SMILES string of the molecule is c1cnc2c(c1)C(=NOCCN(CCON=C1c3cccnc3-c3ncccc31)CCON=C1c3cccnc3-c3ncccc31)c1cccnc1-2. The molecule has 52 heavy (non-hydrogen) atoms. The molecule has 0 N–H and O–H groups in total. The zero-order chi connectivity index (χ0) is 34.7. The second-order valence-corrected chi connectivity index (χ2v) is 12.1. The summed E-state index contributed by atoms with van der Waals surface area (Å²) in [4.78, 5) is 47.1. The zero-order valence-corrected chi connectivity index (χ0v) is 27.8. The summed E-state index contributed by atoms with van der Waals surface area (Å²) in [5, 5.41) is 13.6. The van der Waals surface area contributed by atoms with Gasteiger partial charge in [0.2, 0.25) is 0 Å². The molecule has 6 aromatic heterocycles. The average molecular weight is 687 g/mol. The molecule has 0 fully saturated rings. The molecule has 3 aliphatic carbocycles. The van der Waals surface area contributed by atoms with Gasteiger partial charge in [-0.25, -0.2) is 0 Å². The van der Waals surface area contributed by atoms with Crippen LogP contribution in [0, 0.1) is 0 Å². The number of hydrogen-bond donors (Lipinski definition) is 0. The molecular weight excluding hydrogens is 656 g/mol. The van der Waals surface area contributed by atoms with Crippen LogP contribution in [0.5, 0.6) is 0 Å². The molecule has 0 bridgehead atoms.